The molecule has 0 saturated heterocycles. The first-order valence-electron chi connectivity index (χ1n) is 6.55. The predicted octanol–water partition coefficient (Wildman–Crippen LogP) is 0.260. The van der Waals surface area contributed by atoms with Gasteiger partial charge in [0.05, 0.1) is 10.9 Å². The van der Waals surface area contributed by atoms with Gasteiger partial charge in [0.25, 0.3) is 0 Å². The zero-order valence-corrected chi connectivity index (χ0v) is 12.7. The summed E-state index contributed by atoms with van der Waals surface area (Å²) in [7, 11) is -3.69. The molecule has 1 heterocycles. The zero-order chi connectivity index (χ0) is 15.5. The molecule has 9 heteroatoms. The molecule has 8 nitrogen and oxygen atoms in total. The van der Waals surface area contributed by atoms with Crippen molar-refractivity contribution in [1.82, 2.24) is 25.3 Å². The summed E-state index contributed by atoms with van der Waals surface area (Å²) in [6.45, 7) is 3.84. The Hall–Kier alpha value is -1.84. The van der Waals surface area contributed by atoms with Crippen molar-refractivity contribution in [1.29, 1.82) is 0 Å². The summed E-state index contributed by atoms with van der Waals surface area (Å²) in [5.74, 6) is 0.284. The number of aromatic nitrogens is 4. The molecule has 1 aromatic heterocycles. The van der Waals surface area contributed by atoms with Crippen LogP contribution in [0.15, 0.2) is 23.1 Å². The number of hydrogen-bond donors (Lipinski definition) is 3. The van der Waals surface area contributed by atoms with Crippen LogP contribution in [0.3, 0.4) is 0 Å². The van der Waals surface area contributed by atoms with Gasteiger partial charge in [-0.1, -0.05) is 24.3 Å². The molecule has 0 aliphatic rings. The van der Waals surface area contributed by atoms with Crippen molar-refractivity contribution >= 4 is 10.0 Å². The van der Waals surface area contributed by atoms with Crippen molar-refractivity contribution in [3.63, 3.8) is 0 Å². The Bertz CT molecular complexity index is 699. The van der Waals surface area contributed by atoms with Gasteiger partial charge < -0.3 is 5.73 Å². The summed E-state index contributed by atoms with van der Waals surface area (Å²) in [5, 5.41) is 13.3. The topological polar surface area (TPSA) is 127 Å². The third-order valence-electron chi connectivity index (χ3n) is 3.12. The Labute approximate surface area is 123 Å². The Kier molecular flexibility index (Phi) is 4.66. The molecule has 0 fully saturated rings. The fourth-order valence-electron chi connectivity index (χ4n) is 1.97. The molecule has 4 N–H and O–H groups in total. The van der Waals surface area contributed by atoms with Crippen molar-refractivity contribution in [2.24, 2.45) is 5.73 Å². The standard InChI is InChI=1S/C12H18N6O2S/c1-3-10-5-4-9(7-13)6-11(10)21(19,20)16-8(2)12-14-17-18-15-12/h4-6,8,16H,3,7,13H2,1-2H3,(H,14,15,17,18). The molecule has 1 aromatic carbocycles. The molecule has 0 bridgehead atoms. The normalized spacial score (nSPS) is 13.3. The summed E-state index contributed by atoms with van der Waals surface area (Å²) in [4.78, 5) is 0.239. The second kappa shape index (κ2) is 6.29. The predicted molar refractivity (Wildman–Crippen MR) is 76.6 cm³/mol. The Morgan fingerprint density at radius 1 is 1.43 bits per heavy atom. The molecule has 114 valence electrons. The lowest BCUT2D eigenvalue weighted by Gasteiger charge is -2.14. The number of rotatable bonds is 6. The fourth-order valence-corrected chi connectivity index (χ4v) is 3.53. The van der Waals surface area contributed by atoms with Crippen molar-refractivity contribution < 1.29 is 8.42 Å². The molecule has 0 saturated carbocycles. The highest BCUT2D eigenvalue weighted by atomic mass is 32.2. The van der Waals surface area contributed by atoms with Crippen LogP contribution < -0.4 is 10.5 Å². The lowest BCUT2D eigenvalue weighted by atomic mass is 10.1. The Morgan fingerprint density at radius 2 is 2.19 bits per heavy atom. The highest BCUT2D eigenvalue weighted by Crippen LogP contribution is 2.20. The second-order valence-corrected chi connectivity index (χ2v) is 6.30. The molecule has 0 aliphatic heterocycles. The van der Waals surface area contributed by atoms with E-state index in [0.29, 0.717) is 6.42 Å². The summed E-state index contributed by atoms with van der Waals surface area (Å²) < 4.78 is 27.6. The minimum absolute atomic E-state index is 0.239. The maximum atomic E-state index is 12.5. The van der Waals surface area contributed by atoms with E-state index < -0.39 is 16.1 Å². The van der Waals surface area contributed by atoms with Gasteiger partial charge in [0.15, 0.2) is 5.82 Å². The number of aromatic amines is 1. The molecule has 0 spiro atoms. The minimum atomic E-state index is -3.69. The molecule has 1 atom stereocenters. The van der Waals surface area contributed by atoms with Crippen LogP contribution >= 0.6 is 0 Å². The molecule has 21 heavy (non-hydrogen) atoms. The van der Waals surface area contributed by atoms with Gasteiger partial charge >= 0.3 is 0 Å². The monoisotopic (exact) mass is 310 g/mol. The van der Waals surface area contributed by atoms with E-state index in [0.717, 1.165) is 11.1 Å². The van der Waals surface area contributed by atoms with Crippen LogP contribution in [0.2, 0.25) is 0 Å². The fraction of sp³-hybridized carbons (Fsp3) is 0.417. The summed E-state index contributed by atoms with van der Waals surface area (Å²) in [5.41, 5.74) is 7.08. The second-order valence-electron chi connectivity index (χ2n) is 4.61. The number of H-pyrrole nitrogens is 1. The Morgan fingerprint density at radius 3 is 2.76 bits per heavy atom. The van der Waals surface area contributed by atoms with Gasteiger partial charge in [-0.3, -0.25) is 0 Å². The van der Waals surface area contributed by atoms with Crippen LogP contribution in [0.25, 0.3) is 0 Å². The van der Waals surface area contributed by atoms with Crippen molar-refractivity contribution in [2.45, 2.75) is 37.8 Å². The van der Waals surface area contributed by atoms with Crippen molar-refractivity contribution in [2.75, 3.05) is 0 Å². The lowest BCUT2D eigenvalue weighted by Crippen LogP contribution is -2.28. The molecular weight excluding hydrogens is 292 g/mol. The van der Waals surface area contributed by atoms with E-state index in [9.17, 15) is 8.42 Å². The van der Waals surface area contributed by atoms with Crippen molar-refractivity contribution in [3.05, 3.63) is 35.2 Å². The van der Waals surface area contributed by atoms with Crippen LogP contribution in [0.5, 0.6) is 0 Å². The van der Waals surface area contributed by atoms with Crippen LogP contribution in [-0.2, 0) is 23.0 Å². The highest BCUT2D eigenvalue weighted by molar-refractivity contribution is 7.89. The highest BCUT2D eigenvalue weighted by Gasteiger charge is 2.23. The van der Waals surface area contributed by atoms with Crippen LogP contribution in [-0.4, -0.2) is 29.0 Å². The quantitative estimate of drug-likeness (QED) is 0.702. The van der Waals surface area contributed by atoms with E-state index >= 15 is 0 Å². The van der Waals surface area contributed by atoms with E-state index in [1.807, 2.05) is 13.0 Å². The maximum absolute atomic E-state index is 12.5. The van der Waals surface area contributed by atoms with Crippen LogP contribution in [0.4, 0.5) is 0 Å². The number of nitrogens with zero attached hydrogens (tertiary/aromatic N) is 3. The van der Waals surface area contributed by atoms with E-state index in [1.165, 1.54) is 0 Å². The summed E-state index contributed by atoms with van der Waals surface area (Å²) in [6.07, 6.45) is 0.609. The molecular formula is C12H18N6O2S. The first-order valence-corrected chi connectivity index (χ1v) is 8.03. The van der Waals surface area contributed by atoms with Gasteiger partial charge in [-0.25, -0.2) is 13.1 Å². The number of benzene rings is 1. The SMILES string of the molecule is CCc1ccc(CN)cc1S(=O)(=O)NC(C)c1nn[nH]n1. The smallest absolute Gasteiger partial charge is 0.241 e. The van der Waals surface area contributed by atoms with Crippen LogP contribution in [0, 0.1) is 0 Å². The van der Waals surface area contributed by atoms with Gasteiger partial charge in [0.2, 0.25) is 10.0 Å². The maximum Gasteiger partial charge on any atom is 0.241 e. The molecule has 0 amide bonds. The average molecular weight is 310 g/mol. The lowest BCUT2D eigenvalue weighted by molar-refractivity contribution is 0.559. The first-order chi connectivity index (χ1) is 9.97. The van der Waals surface area contributed by atoms with E-state index in [1.54, 1.807) is 19.1 Å². The van der Waals surface area contributed by atoms with Gasteiger partial charge in [-0.2, -0.15) is 5.21 Å². The van der Waals surface area contributed by atoms with E-state index in [-0.39, 0.29) is 17.3 Å². The number of tetrazole rings is 1. The van der Waals surface area contributed by atoms with E-state index in [2.05, 4.69) is 25.3 Å². The van der Waals surface area contributed by atoms with Gasteiger partial charge in [-0.15, -0.1) is 10.2 Å². The number of hydrogen-bond acceptors (Lipinski definition) is 6. The zero-order valence-electron chi connectivity index (χ0n) is 11.9. The largest absolute Gasteiger partial charge is 0.326 e. The average Bonchev–Trinajstić information content (AvgIpc) is 3.00. The molecule has 2 rings (SSSR count). The third kappa shape index (κ3) is 3.43. The minimum Gasteiger partial charge on any atom is -0.326 e. The van der Waals surface area contributed by atoms with Crippen molar-refractivity contribution in [3.8, 4) is 0 Å². The molecule has 0 aliphatic carbocycles. The van der Waals surface area contributed by atoms with Gasteiger partial charge in [0.1, 0.15) is 0 Å². The summed E-state index contributed by atoms with van der Waals surface area (Å²) in [6, 6.07) is 4.64. The Balaban J connectivity index is 2.34. The first kappa shape index (κ1) is 15.5. The van der Waals surface area contributed by atoms with E-state index in [4.69, 9.17) is 5.73 Å². The van der Waals surface area contributed by atoms with Gasteiger partial charge in [0, 0.05) is 6.54 Å². The summed E-state index contributed by atoms with van der Waals surface area (Å²) >= 11 is 0. The number of aryl methyl sites for hydroxylation is 1. The van der Waals surface area contributed by atoms with Gasteiger partial charge in [-0.05, 0) is 30.5 Å². The van der Waals surface area contributed by atoms with Crippen LogP contribution in [0.1, 0.15) is 36.8 Å². The molecule has 2 aromatic rings. The molecule has 1 unspecified atom stereocenters. The number of sulfonamides is 1. The molecule has 0 radical (unpaired) electrons. The third-order valence-corrected chi connectivity index (χ3v) is 4.74. The number of nitrogens with one attached hydrogen (secondary N) is 2. The number of nitrogens with two attached hydrogens (primary N) is 1.